The maximum atomic E-state index is 13.3. The highest BCUT2D eigenvalue weighted by molar-refractivity contribution is 6.48. The van der Waals surface area contributed by atoms with Gasteiger partial charge in [-0.15, -0.1) is 0 Å². The van der Waals surface area contributed by atoms with Gasteiger partial charge in [-0.25, -0.2) is 14.4 Å². The topological polar surface area (TPSA) is 195 Å². The number of unbranched alkanes of at least 4 members (excludes halogenated alkanes) is 4. The fourth-order valence-electron chi connectivity index (χ4n) is 5.18. The third-order valence-electron chi connectivity index (χ3n) is 7.55. The number of nitrogens with zero attached hydrogens (tertiary/aromatic N) is 2. The van der Waals surface area contributed by atoms with E-state index in [0.29, 0.717) is 58.3 Å². The molecule has 0 aliphatic carbocycles. The number of ether oxygens (including phenoxy) is 4. The molecule has 0 bridgehead atoms. The molecule has 0 spiro atoms. The van der Waals surface area contributed by atoms with Crippen molar-refractivity contribution in [2.75, 3.05) is 26.2 Å². The Bertz CT molecular complexity index is 1310. The maximum absolute atomic E-state index is 13.3. The van der Waals surface area contributed by atoms with Crippen molar-refractivity contribution in [1.82, 2.24) is 26.2 Å². The summed E-state index contributed by atoms with van der Waals surface area (Å²) < 4.78 is 28.5. The summed E-state index contributed by atoms with van der Waals surface area (Å²) in [6.45, 7) is 33.1. The van der Waals surface area contributed by atoms with Crippen molar-refractivity contribution in [3.8, 4) is 0 Å². The molecule has 4 N–H and O–H groups in total. The van der Waals surface area contributed by atoms with E-state index in [2.05, 4.69) is 26.3 Å². The molecule has 5 amide bonds. The van der Waals surface area contributed by atoms with Gasteiger partial charge >= 0.3 is 18.3 Å². The minimum Gasteiger partial charge on any atom is -0.444 e. The first-order valence-corrected chi connectivity index (χ1v) is 23.4. The summed E-state index contributed by atoms with van der Waals surface area (Å²) >= 11 is 0. The molecule has 17 heteroatoms. The number of hydrogen-bond donors (Lipinski definition) is 4. The molecule has 16 nitrogen and oxygen atoms in total. The van der Waals surface area contributed by atoms with Crippen LogP contribution >= 0.6 is 0 Å². The number of guanidine groups is 1. The Morgan fingerprint density at radius 2 is 1.17 bits per heavy atom. The van der Waals surface area contributed by atoms with E-state index in [1.807, 2.05) is 75.4 Å². The van der Waals surface area contributed by atoms with Crippen LogP contribution in [-0.4, -0.2) is 111 Å². The predicted molar refractivity (Wildman–Crippen MR) is 233 cm³/mol. The summed E-state index contributed by atoms with van der Waals surface area (Å²) in [7, 11) is -1.04. The molecule has 0 fully saturated rings. The first-order valence-electron chi connectivity index (χ1n) is 21.0. The Morgan fingerprint density at radius 1 is 0.644 bits per heavy atom. The second-order valence-corrected chi connectivity index (χ2v) is 22.0. The van der Waals surface area contributed by atoms with Crippen LogP contribution in [0.1, 0.15) is 155 Å². The molecular formula is C42H81N6O10Si. The van der Waals surface area contributed by atoms with Crippen molar-refractivity contribution in [2.24, 2.45) is 10.4 Å². The van der Waals surface area contributed by atoms with Crippen molar-refractivity contribution in [2.45, 2.75) is 203 Å². The molecule has 2 atom stereocenters. The first kappa shape index (κ1) is 55.6. The fraction of sp³-hybridized carbons (Fsp3) is 0.857. The number of aliphatic imine (C=N–C) groups is 1. The average molecular weight is 858 g/mol. The van der Waals surface area contributed by atoms with Crippen molar-refractivity contribution in [3.05, 3.63) is 0 Å². The molecular weight excluding hydrogens is 777 g/mol. The molecule has 0 aromatic heterocycles. The summed E-state index contributed by atoms with van der Waals surface area (Å²) in [6, 6.07) is -0.737. The van der Waals surface area contributed by atoms with Crippen LogP contribution in [0.2, 0.25) is 13.1 Å². The van der Waals surface area contributed by atoms with Crippen LogP contribution in [0.25, 0.3) is 0 Å². The number of amides is 5. The Kier molecular flexibility index (Phi) is 23.9. The van der Waals surface area contributed by atoms with Gasteiger partial charge in [0, 0.05) is 39.0 Å². The van der Waals surface area contributed by atoms with Crippen LogP contribution in [0.15, 0.2) is 4.99 Å². The van der Waals surface area contributed by atoms with Gasteiger partial charge < -0.3 is 38.9 Å². The van der Waals surface area contributed by atoms with E-state index in [1.54, 1.807) is 46.4 Å². The molecule has 0 saturated heterocycles. The van der Waals surface area contributed by atoms with Gasteiger partial charge in [0.1, 0.15) is 29.1 Å². The lowest BCUT2D eigenvalue weighted by Gasteiger charge is -2.32. The highest BCUT2D eigenvalue weighted by atomic mass is 28.3. The van der Waals surface area contributed by atoms with Gasteiger partial charge in [0.05, 0.1) is 5.60 Å². The standard InChI is InChI=1S/C42H81N6O10Si/c1-38(2,3)32(33(50)43-26-22-23-28-48(37(53)57-42(13,14)15)29-25-31(58-59(16)17)54-39(4,5)6)45-30(49)24-20-18-19-21-27-44-34(46-35(51)55-40(7,8)9)47-36(52)56-41(10,11)12/h31-32H,18-29H2,1-17H3,(H,43,50)(H,45,49)(H2,44,46,47,51,52). The lowest BCUT2D eigenvalue weighted by molar-refractivity contribution is -0.157. The number of alkyl carbamates (subject to hydrolysis) is 2. The van der Waals surface area contributed by atoms with Crippen LogP contribution in [0.5, 0.6) is 0 Å². The van der Waals surface area contributed by atoms with Gasteiger partial charge in [-0.1, -0.05) is 33.6 Å². The molecule has 2 unspecified atom stereocenters. The van der Waals surface area contributed by atoms with Crippen LogP contribution in [0, 0.1) is 5.41 Å². The van der Waals surface area contributed by atoms with E-state index in [-0.39, 0.29) is 24.2 Å². The van der Waals surface area contributed by atoms with Gasteiger partial charge in [0.2, 0.25) is 26.8 Å². The van der Waals surface area contributed by atoms with Crippen LogP contribution in [-0.2, 0) is 33.0 Å². The molecule has 0 aliphatic rings. The highest BCUT2D eigenvalue weighted by Gasteiger charge is 2.33. The highest BCUT2D eigenvalue weighted by Crippen LogP contribution is 2.21. The number of hydrogen-bond acceptors (Lipinski definition) is 11. The van der Waals surface area contributed by atoms with Crippen LogP contribution < -0.4 is 21.3 Å². The van der Waals surface area contributed by atoms with Crippen LogP contribution in [0.4, 0.5) is 14.4 Å². The lowest BCUT2D eigenvalue weighted by Crippen LogP contribution is -2.53. The van der Waals surface area contributed by atoms with Crippen LogP contribution in [0.3, 0.4) is 0 Å². The summed E-state index contributed by atoms with van der Waals surface area (Å²) in [5.74, 6) is -0.556. The minimum atomic E-state index is -1.04. The molecule has 0 rings (SSSR count). The zero-order valence-corrected chi connectivity index (χ0v) is 40.6. The number of rotatable bonds is 20. The predicted octanol–water partition coefficient (Wildman–Crippen LogP) is 7.81. The van der Waals surface area contributed by atoms with E-state index in [4.69, 9.17) is 23.4 Å². The molecule has 0 aliphatic heterocycles. The Morgan fingerprint density at radius 3 is 1.64 bits per heavy atom. The van der Waals surface area contributed by atoms with E-state index >= 15 is 0 Å². The number of carbonyl (C=O) groups is 5. The first-order chi connectivity index (χ1) is 26.8. The average Bonchev–Trinajstić information content (AvgIpc) is 2.99. The Hall–Kier alpha value is -3.44. The summed E-state index contributed by atoms with van der Waals surface area (Å²) in [4.78, 5) is 70.0. The molecule has 59 heavy (non-hydrogen) atoms. The second-order valence-electron chi connectivity index (χ2n) is 20.0. The van der Waals surface area contributed by atoms with E-state index in [1.165, 1.54) is 0 Å². The Balaban J connectivity index is 5.09. The van der Waals surface area contributed by atoms with E-state index in [0.717, 1.165) is 12.8 Å². The monoisotopic (exact) mass is 858 g/mol. The summed E-state index contributed by atoms with van der Waals surface area (Å²) in [6.07, 6.45) is 2.34. The third-order valence-corrected chi connectivity index (χ3v) is 8.28. The van der Waals surface area contributed by atoms with E-state index < -0.39 is 67.5 Å². The maximum Gasteiger partial charge on any atom is 0.414 e. The second kappa shape index (κ2) is 25.4. The minimum absolute atomic E-state index is 0.0775. The summed E-state index contributed by atoms with van der Waals surface area (Å²) in [5.41, 5.74) is -3.06. The number of carbonyl (C=O) groups excluding carboxylic acids is 5. The summed E-state index contributed by atoms with van der Waals surface area (Å²) in [5, 5.41) is 10.8. The normalized spacial score (nSPS) is 13.5. The molecule has 0 aromatic rings. The van der Waals surface area contributed by atoms with Crippen molar-refractivity contribution >= 4 is 45.1 Å². The quantitative estimate of drug-likeness (QED) is 0.0234. The molecule has 1 radical (unpaired) electrons. The molecule has 0 heterocycles. The smallest absolute Gasteiger partial charge is 0.414 e. The van der Waals surface area contributed by atoms with Crippen molar-refractivity contribution in [1.29, 1.82) is 0 Å². The molecule has 0 saturated carbocycles. The van der Waals surface area contributed by atoms with Gasteiger partial charge in [-0.2, -0.15) is 0 Å². The van der Waals surface area contributed by atoms with E-state index in [9.17, 15) is 24.0 Å². The van der Waals surface area contributed by atoms with Crippen molar-refractivity contribution in [3.63, 3.8) is 0 Å². The molecule has 0 aromatic carbocycles. The molecule has 343 valence electrons. The van der Waals surface area contributed by atoms with Gasteiger partial charge in [0.25, 0.3) is 0 Å². The van der Waals surface area contributed by atoms with Gasteiger partial charge in [-0.05, 0) is 127 Å². The third kappa shape index (κ3) is 31.1. The fourth-order valence-corrected chi connectivity index (χ4v) is 5.88. The zero-order chi connectivity index (χ0) is 45.8. The zero-order valence-electron chi connectivity index (χ0n) is 39.6. The Labute approximate surface area is 357 Å². The van der Waals surface area contributed by atoms with Crippen molar-refractivity contribution < 1.29 is 47.3 Å². The van der Waals surface area contributed by atoms with Gasteiger partial charge in [-0.3, -0.25) is 25.2 Å². The van der Waals surface area contributed by atoms with Gasteiger partial charge in [0.15, 0.2) is 0 Å². The number of nitrogens with one attached hydrogen (secondary N) is 4. The lowest BCUT2D eigenvalue weighted by atomic mass is 9.86. The largest absolute Gasteiger partial charge is 0.444 e. The SMILES string of the molecule is C[Si](C)OC(CCN(CCCCNC(=O)C(NC(=O)CCCCCCN=C(NC(=O)OC(C)(C)C)NC(=O)OC(C)(C)C)C(C)(C)C)C(=O)OC(C)(C)C)OC(C)(C)C.